The normalized spacial score (nSPS) is 10.9. The Bertz CT molecular complexity index is 878. The van der Waals surface area contributed by atoms with Crippen molar-refractivity contribution in [3.8, 4) is 0 Å². The summed E-state index contributed by atoms with van der Waals surface area (Å²) in [7, 11) is 0. The molecule has 0 atom stereocenters. The number of fused-ring (bicyclic) bond motifs is 1. The molecule has 3 rings (SSSR count). The average molecular weight is 286 g/mol. The summed E-state index contributed by atoms with van der Waals surface area (Å²) >= 11 is 0. The Morgan fingerprint density at radius 3 is 2.57 bits per heavy atom. The van der Waals surface area contributed by atoms with E-state index < -0.39 is 11.7 Å². The summed E-state index contributed by atoms with van der Waals surface area (Å²) in [6.45, 7) is 0.238. The molecule has 0 radical (unpaired) electrons. The number of nitrogens with one attached hydrogen (secondary N) is 1. The van der Waals surface area contributed by atoms with Crippen molar-refractivity contribution in [1.82, 2.24) is 9.55 Å². The Morgan fingerprint density at radius 2 is 1.90 bits per heavy atom. The summed E-state index contributed by atoms with van der Waals surface area (Å²) in [6, 6.07) is 10.5. The molecule has 5 nitrogen and oxygen atoms in total. The minimum Gasteiger partial charge on any atom is -0.478 e. The zero-order chi connectivity index (χ0) is 15.0. The van der Waals surface area contributed by atoms with Gasteiger partial charge < -0.3 is 10.1 Å². The van der Waals surface area contributed by atoms with Gasteiger partial charge in [-0.05, 0) is 29.8 Å². The lowest BCUT2D eigenvalue weighted by atomic mass is 10.2. The van der Waals surface area contributed by atoms with Crippen LogP contribution in [0.3, 0.4) is 0 Å². The van der Waals surface area contributed by atoms with Crippen LogP contribution >= 0.6 is 0 Å². The van der Waals surface area contributed by atoms with E-state index in [-0.39, 0.29) is 23.4 Å². The summed E-state index contributed by atoms with van der Waals surface area (Å²) in [6.07, 6.45) is 0. The van der Waals surface area contributed by atoms with Crippen molar-refractivity contribution >= 4 is 17.0 Å². The molecule has 6 heteroatoms. The molecule has 2 N–H and O–H groups in total. The molecule has 0 saturated carbocycles. The molecule has 0 aliphatic carbocycles. The van der Waals surface area contributed by atoms with Crippen LogP contribution in [0.4, 0.5) is 4.39 Å². The van der Waals surface area contributed by atoms with E-state index in [4.69, 9.17) is 5.11 Å². The molecular formula is C15H11FN2O3. The zero-order valence-corrected chi connectivity index (χ0v) is 10.8. The van der Waals surface area contributed by atoms with Crippen molar-refractivity contribution in [2.45, 2.75) is 6.54 Å². The van der Waals surface area contributed by atoms with E-state index in [1.807, 2.05) is 0 Å². The Balaban J connectivity index is 2.13. The number of imidazole rings is 1. The van der Waals surface area contributed by atoms with Gasteiger partial charge in [-0.3, -0.25) is 4.57 Å². The molecule has 0 unspecified atom stereocenters. The van der Waals surface area contributed by atoms with Gasteiger partial charge in [0.05, 0.1) is 23.1 Å². The van der Waals surface area contributed by atoms with Crippen LogP contribution in [0.1, 0.15) is 15.9 Å². The molecule has 0 amide bonds. The third-order valence-corrected chi connectivity index (χ3v) is 3.29. The number of H-pyrrole nitrogens is 1. The smallest absolute Gasteiger partial charge is 0.337 e. The van der Waals surface area contributed by atoms with E-state index in [1.165, 1.54) is 22.8 Å². The van der Waals surface area contributed by atoms with Crippen LogP contribution in [-0.2, 0) is 6.54 Å². The maximum Gasteiger partial charge on any atom is 0.337 e. The van der Waals surface area contributed by atoms with Gasteiger partial charge in [0.2, 0.25) is 0 Å². The number of nitrogens with zero attached hydrogens (tertiary/aromatic N) is 1. The van der Waals surface area contributed by atoms with Crippen LogP contribution in [0.2, 0.25) is 0 Å². The van der Waals surface area contributed by atoms with Crippen LogP contribution in [0.25, 0.3) is 11.0 Å². The van der Waals surface area contributed by atoms with E-state index >= 15 is 0 Å². The minimum atomic E-state index is -1.10. The summed E-state index contributed by atoms with van der Waals surface area (Å²) < 4.78 is 14.3. The fourth-order valence-electron chi connectivity index (χ4n) is 2.29. The second-order valence-corrected chi connectivity index (χ2v) is 4.65. The molecule has 2 aromatic carbocycles. The molecule has 0 spiro atoms. The van der Waals surface area contributed by atoms with Gasteiger partial charge in [0.25, 0.3) is 0 Å². The van der Waals surface area contributed by atoms with E-state index in [1.54, 1.807) is 24.3 Å². The van der Waals surface area contributed by atoms with Gasteiger partial charge in [0.1, 0.15) is 5.82 Å². The molecule has 1 aromatic heterocycles. The van der Waals surface area contributed by atoms with Crippen molar-refractivity contribution in [1.29, 1.82) is 0 Å². The fourth-order valence-corrected chi connectivity index (χ4v) is 2.29. The number of aromatic carboxylic acids is 1. The third-order valence-electron chi connectivity index (χ3n) is 3.29. The fraction of sp³-hybridized carbons (Fsp3) is 0.0667. The first kappa shape index (κ1) is 13.1. The molecule has 0 aliphatic rings. The molecule has 21 heavy (non-hydrogen) atoms. The number of hydrogen-bond acceptors (Lipinski definition) is 2. The maximum absolute atomic E-state index is 12.9. The van der Waals surface area contributed by atoms with E-state index in [0.29, 0.717) is 5.52 Å². The summed E-state index contributed by atoms with van der Waals surface area (Å²) in [5.74, 6) is -1.45. The quantitative estimate of drug-likeness (QED) is 0.775. The summed E-state index contributed by atoms with van der Waals surface area (Å²) in [5.41, 5.74) is 1.19. The lowest BCUT2D eigenvalue weighted by Crippen LogP contribution is -2.17. The highest BCUT2D eigenvalue weighted by atomic mass is 19.1. The lowest BCUT2D eigenvalue weighted by molar-refractivity contribution is 0.0699. The predicted octanol–water partition coefficient (Wildman–Crippen LogP) is 2.22. The van der Waals surface area contributed by atoms with Gasteiger partial charge in [0.15, 0.2) is 0 Å². The Hall–Kier alpha value is -2.89. The van der Waals surface area contributed by atoms with Crippen LogP contribution in [0, 0.1) is 5.82 Å². The number of aromatic amines is 1. The molecule has 0 saturated heterocycles. The first-order chi connectivity index (χ1) is 10.1. The number of carboxylic acids is 1. The van der Waals surface area contributed by atoms with Gasteiger partial charge in [-0.15, -0.1) is 0 Å². The Kier molecular flexibility index (Phi) is 3.06. The predicted molar refractivity (Wildman–Crippen MR) is 75.0 cm³/mol. The van der Waals surface area contributed by atoms with Crippen LogP contribution in [0.5, 0.6) is 0 Å². The minimum absolute atomic E-state index is 0.0439. The molecule has 3 aromatic rings. The number of hydrogen-bond donors (Lipinski definition) is 2. The average Bonchev–Trinajstić information content (AvgIpc) is 2.77. The second-order valence-electron chi connectivity index (χ2n) is 4.65. The molecule has 106 valence electrons. The number of benzene rings is 2. The topological polar surface area (TPSA) is 75.1 Å². The molecule has 0 aliphatic heterocycles. The first-order valence-corrected chi connectivity index (χ1v) is 6.25. The summed E-state index contributed by atoms with van der Waals surface area (Å²) in [5, 5.41) is 9.13. The lowest BCUT2D eigenvalue weighted by Gasteiger charge is -2.04. The van der Waals surface area contributed by atoms with E-state index in [2.05, 4.69) is 4.98 Å². The number of aromatic nitrogens is 2. The zero-order valence-electron chi connectivity index (χ0n) is 10.8. The third kappa shape index (κ3) is 2.31. The van der Waals surface area contributed by atoms with Crippen LogP contribution in [-0.4, -0.2) is 20.6 Å². The van der Waals surface area contributed by atoms with Crippen molar-refractivity contribution < 1.29 is 14.3 Å². The highest BCUT2D eigenvalue weighted by molar-refractivity contribution is 6.00. The van der Waals surface area contributed by atoms with Crippen LogP contribution < -0.4 is 5.69 Å². The van der Waals surface area contributed by atoms with Crippen molar-refractivity contribution in [3.05, 3.63) is 69.9 Å². The largest absolute Gasteiger partial charge is 0.478 e. The van der Waals surface area contributed by atoms with Gasteiger partial charge in [-0.25, -0.2) is 14.0 Å². The number of halogens is 1. The SMILES string of the molecule is O=C(O)c1cccc2c1[nH]c(=O)n2Cc1ccc(F)cc1. The number of carboxylic acid groups (broad SMARTS) is 1. The highest BCUT2D eigenvalue weighted by Crippen LogP contribution is 2.16. The molecule has 1 heterocycles. The highest BCUT2D eigenvalue weighted by Gasteiger charge is 2.14. The van der Waals surface area contributed by atoms with Crippen LogP contribution in [0.15, 0.2) is 47.3 Å². The summed E-state index contributed by atoms with van der Waals surface area (Å²) in [4.78, 5) is 25.7. The monoisotopic (exact) mass is 286 g/mol. The van der Waals surface area contributed by atoms with Gasteiger partial charge in [-0.1, -0.05) is 18.2 Å². The first-order valence-electron chi connectivity index (χ1n) is 6.25. The Labute approximate surface area is 118 Å². The molecule has 0 bridgehead atoms. The molecular weight excluding hydrogens is 275 g/mol. The standard InChI is InChI=1S/C15H11FN2O3/c16-10-6-4-9(5-7-10)8-18-12-3-1-2-11(14(19)20)13(12)17-15(18)21/h1-7H,8H2,(H,17,21)(H,19,20). The number of para-hydroxylation sites is 1. The maximum atomic E-state index is 12.9. The van der Waals surface area contributed by atoms with Crippen molar-refractivity contribution in [3.63, 3.8) is 0 Å². The van der Waals surface area contributed by atoms with Gasteiger partial charge >= 0.3 is 11.7 Å². The number of rotatable bonds is 3. The van der Waals surface area contributed by atoms with E-state index in [9.17, 15) is 14.0 Å². The molecule has 0 fully saturated rings. The van der Waals surface area contributed by atoms with Crippen molar-refractivity contribution in [2.75, 3.05) is 0 Å². The van der Waals surface area contributed by atoms with Crippen molar-refractivity contribution in [2.24, 2.45) is 0 Å². The van der Waals surface area contributed by atoms with E-state index in [0.717, 1.165) is 5.56 Å². The number of carbonyl (C=O) groups is 1. The van der Waals surface area contributed by atoms with Gasteiger partial charge in [0, 0.05) is 0 Å². The van der Waals surface area contributed by atoms with Gasteiger partial charge in [-0.2, -0.15) is 0 Å². The Morgan fingerprint density at radius 1 is 1.19 bits per heavy atom. The second kappa shape index (κ2) is 4.90.